The molecule has 3 rings (SSSR count). The molecular formula is C20H31FN6O3. The van der Waals surface area contributed by atoms with Gasteiger partial charge in [0.15, 0.2) is 11.6 Å². The average molecular weight is 423 g/mol. The van der Waals surface area contributed by atoms with Gasteiger partial charge in [-0.2, -0.15) is 4.39 Å². The Morgan fingerprint density at radius 2 is 1.93 bits per heavy atom. The van der Waals surface area contributed by atoms with Crippen molar-refractivity contribution in [2.45, 2.75) is 70.8 Å². The Bertz CT molecular complexity index is 739. The lowest BCUT2D eigenvalue weighted by molar-refractivity contribution is -0.154. The maximum Gasteiger partial charge on any atom is 0.243 e. The average Bonchev–Trinajstić information content (AvgIpc) is 3.22. The normalized spacial score (nSPS) is 17.8. The van der Waals surface area contributed by atoms with Gasteiger partial charge >= 0.3 is 0 Å². The third kappa shape index (κ3) is 6.01. The number of carbonyl (C=O) groups excluding carboxylic acids is 2. The number of hydrazine groups is 1. The van der Waals surface area contributed by atoms with Crippen LogP contribution in [-0.4, -0.2) is 45.1 Å². The minimum atomic E-state index is -0.660. The zero-order valence-corrected chi connectivity index (χ0v) is 17.4. The van der Waals surface area contributed by atoms with E-state index in [1.807, 2.05) is 0 Å². The van der Waals surface area contributed by atoms with Crippen molar-refractivity contribution in [1.29, 1.82) is 0 Å². The summed E-state index contributed by atoms with van der Waals surface area (Å²) in [5, 5.41) is 13.1. The molecule has 0 aliphatic heterocycles. The predicted octanol–water partition coefficient (Wildman–Crippen LogP) is 2.77. The summed E-state index contributed by atoms with van der Waals surface area (Å²) in [6, 6.07) is 0.204. The number of aromatic nitrogens is 2. The Hall–Kier alpha value is -2.49. The van der Waals surface area contributed by atoms with Crippen LogP contribution in [0.15, 0.2) is 0 Å². The summed E-state index contributed by atoms with van der Waals surface area (Å²) < 4.78 is 14.7. The molecule has 2 amide bonds. The number of hydrogen-bond acceptors (Lipinski definition) is 7. The molecule has 30 heavy (non-hydrogen) atoms. The fourth-order valence-corrected chi connectivity index (χ4v) is 4.02. The van der Waals surface area contributed by atoms with Crippen LogP contribution in [0.4, 0.5) is 16.0 Å². The summed E-state index contributed by atoms with van der Waals surface area (Å²) in [5.41, 5.74) is 5.03. The molecule has 0 aromatic carbocycles. The number of carbonyl (C=O) groups is 2. The molecule has 1 atom stereocenters. The molecule has 4 N–H and O–H groups in total. The van der Waals surface area contributed by atoms with Gasteiger partial charge < -0.3 is 5.32 Å². The lowest BCUT2D eigenvalue weighted by atomic mass is 9.93. The van der Waals surface area contributed by atoms with Gasteiger partial charge in [-0.25, -0.2) is 15.0 Å². The second kappa shape index (κ2) is 10.5. The Kier molecular flexibility index (Phi) is 7.78. The van der Waals surface area contributed by atoms with Crippen LogP contribution in [0.5, 0.6) is 0 Å². The first kappa shape index (κ1) is 22.2. The molecule has 1 aromatic rings. The van der Waals surface area contributed by atoms with Crippen LogP contribution in [0.3, 0.4) is 0 Å². The van der Waals surface area contributed by atoms with E-state index in [0.29, 0.717) is 23.2 Å². The van der Waals surface area contributed by atoms with Gasteiger partial charge in [-0.3, -0.25) is 25.6 Å². The van der Waals surface area contributed by atoms with E-state index in [0.717, 1.165) is 38.5 Å². The van der Waals surface area contributed by atoms with Crippen molar-refractivity contribution in [1.82, 2.24) is 20.5 Å². The number of rotatable bonds is 11. The minimum absolute atomic E-state index is 0.115. The molecule has 9 nitrogen and oxygen atoms in total. The number of amides is 2. The van der Waals surface area contributed by atoms with Crippen molar-refractivity contribution >= 4 is 24.0 Å². The Labute approximate surface area is 175 Å². The lowest BCUT2D eigenvalue weighted by Crippen LogP contribution is -2.40. The number of nitrogens with one attached hydrogen (secondary N) is 3. The third-order valence-electron chi connectivity index (χ3n) is 6.01. The van der Waals surface area contributed by atoms with Gasteiger partial charge in [0.1, 0.15) is 5.82 Å². The van der Waals surface area contributed by atoms with Crippen molar-refractivity contribution in [3.05, 3.63) is 11.6 Å². The number of halogens is 1. The van der Waals surface area contributed by atoms with Crippen LogP contribution in [0, 0.1) is 24.6 Å². The highest BCUT2D eigenvalue weighted by Crippen LogP contribution is 2.30. The van der Waals surface area contributed by atoms with Crippen LogP contribution in [0.1, 0.15) is 63.6 Å². The van der Waals surface area contributed by atoms with Crippen molar-refractivity contribution < 1.29 is 19.2 Å². The minimum Gasteiger partial charge on any atom is -0.365 e. The SMILES string of the molecule is Cc1nc(NNC(=O)[C@H](CCC2CCCC2)CN(O)C=O)c(F)c(NC2CCC2)n1. The molecule has 10 heteroatoms. The predicted molar refractivity (Wildman–Crippen MR) is 109 cm³/mol. The zero-order valence-electron chi connectivity index (χ0n) is 17.4. The molecule has 2 saturated carbocycles. The highest BCUT2D eigenvalue weighted by atomic mass is 19.1. The van der Waals surface area contributed by atoms with Crippen molar-refractivity contribution in [2.24, 2.45) is 11.8 Å². The van der Waals surface area contributed by atoms with Crippen LogP contribution in [0.2, 0.25) is 0 Å². The molecule has 0 spiro atoms. The van der Waals surface area contributed by atoms with Crippen LogP contribution in [0.25, 0.3) is 0 Å². The van der Waals surface area contributed by atoms with Crippen LogP contribution in [-0.2, 0) is 9.59 Å². The smallest absolute Gasteiger partial charge is 0.243 e. The Morgan fingerprint density at radius 3 is 2.57 bits per heavy atom. The molecular weight excluding hydrogens is 391 g/mol. The Morgan fingerprint density at radius 1 is 1.23 bits per heavy atom. The van der Waals surface area contributed by atoms with E-state index in [4.69, 9.17) is 0 Å². The summed E-state index contributed by atoms with van der Waals surface area (Å²) in [5.74, 6) is -0.779. The fraction of sp³-hybridized carbons (Fsp3) is 0.700. The van der Waals surface area contributed by atoms with E-state index in [2.05, 4.69) is 26.1 Å². The summed E-state index contributed by atoms with van der Waals surface area (Å²) in [6.07, 6.45) is 9.39. The maximum absolute atomic E-state index is 14.7. The van der Waals surface area contributed by atoms with Gasteiger partial charge in [-0.1, -0.05) is 25.7 Å². The second-order valence-corrected chi connectivity index (χ2v) is 8.32. The van der Waals surface area contributed by atoms with E-state index in [9.17, 15) is 19.2 Å². The summed E-state index contributed by atoms with van der Waals surface area (Å²) in [4.78, 5) is 31.6. The molecule has 1 aromatic heterocycles. The first-order chi connectivity index (χ1) is 14.5. The number of nitrogens with zero attached hydrogens (tertiary/aromatic N) is 3. The van der Waals surface area contributed by atoms with Crippen LogP contribution < -0.4 is 16.2 Å². The largest absolute Gasteiger partial charge is 0.365 e. The van der Waals surface area contributed by atoms with Crippen molar-refractivity contribution in [3.8, 4) is 0 Å². The molecule has 166 valence electrons. The number of hydroxylamine groups is 2. The van der Waals surface area contributed by atoms with E-state index in [-0.39, 0.29) is 30.6 Å². The molecule has 2 fully saturated rings. The van der Waals surface area contributed by atoms with Gasteiger partial charge in [0.2, 0.25) is 18.1 Å². The van der Waals surface area contributed by atoms with E-state index >= 15 is 0 Å². The van der Waals surface area contributed by atoms with Gasteiger partial charge in [0.25, 0.3) is 0 Å². The highest BCUT2D eigenvalue weighted by molar-refractivity contribution is 5.80. The first-order valence-electron chi connectivity index (χ1n) is 10.7. The molecule has 0 bridgehead atoms. The molecule has 2 aliphatic carbocycles. The second-order valence-electron chi connectivity index (χ2n) is 8.32. The number of aryl methyl sites for hydroxylation is 1. The van der Waals surface area contributed by atoms with Gasteiger partial charge in [0, 0.05) is 6.04 Å². The number of hydrogen-bond donors (Lipinski definition) is 4. The van der Waals surface area contributed by atoms with Crippen molar-refractivity contribution in [3.63, 3.8) is 0 Å². The molecule has 2 aliphatic rings. The quantitative estimate of drug-likeness (QED) is 0.246. The highest BCUT2D eigenvalue weighted by Gasteiger charge is 2.25. The summed E-state index contributed by atoms with van der Waals surface area (Å²) >= 11 is 0. The molecule has 0 radical (unpaired) electrons. The summed E-state index contributed by atoms with van der Waals surface area (Å²) in [7, 11) is 0. The molecule has 0 saturated heterocycles. The third-order valence-corrected chi connectivity index (χ3v) is 6.01. The Balaban J connectivity index is 1.60. The van der Waals surface area contributed by atoms with Gasteiger partial charge in [-0.15, -0.1) is 0 Å². The van der Waals surface area contributed by atoms with Gasteiger partial charge in [0.05, 0.1) is 12.5 Å². The summed E-state index contributed by atoms with van der Waals surface area (Å²) in [6.45, 7) is 1.53. The fourth-order valence-electron chi connectivity index (χ4n) is 4.02. The molecule has 1 heterocycles. The topological polar surface area (TPSA) is 119 Å². The van der Waals surface area contributed by atoms with E-state index in [1.54, 1.807) is 6.92 Å². The first-order valence-corrected chi connectivity index (χ1v) is 10.7. The maximum atomic E-state index is 14.7. The van der Waals surface area contributed by atoms with Crippen LogP contribution >= 0.6 is 0 Å². The zero-order chi connectivity index (χ0) is 21.5. The monoisotopic (exact) mass is 422 g/mol. The van der Waals surface area contributed by atoms with E-state index < -0.39 is 17.6 Å². The standard InChI is InChI=1S/C20H31FN6O3/c1-13-22-18(24-16-7-4-8-16)17(21)19(23-13)25-26-20(29)15(11-27(30)12-28)10-9-14-5-2-3-6-14/h12,14-16,30H,2-11H2,1H3,(H,26,29)(H2,22,23,24,25)/t15-/m1/s1. The number of anilines is 2. The lowest BCUT2D eigenvalue weighted by Gasteiger charge is -2.27. The van der Waals surface area contributed by atoms with Gasteiger partial charge in [-0.05, 0) is 44.9 Å². The molecule has 0 unspecified atom stereocenters. The van der Waals surface area contributed by atoms with Crippen molar-refractivity contribution in [2.75, 3.05) is 17.3 Å². The van der Waals surface area contributed by atoms with E-state index in [1.165, 1.54) is 12.8 Å².